The van der Waals surface area contributed by atoms with Crippen LogP contribution in [0.25, 0.3) is 0 Å². The summed E-state index contributed by atoms with van der Waals surface area (Å²) in [5, 5.41) is 37.1. The number of benzene rings is 2. The molecule has 0 aliphatic rings. The summed E-state index contributed by atoms with van der Waals surface area (Å²) >= 11 is 0. The number of methoxy groups -OCH3 is 2. The van der Waals surface area contributed by atoms with Crippen molar-refractivity contribution in [2.75, 3.05) is 14.2 Å². The van der Waals surface area contributed by atoms with Crippen LogP contribution in [0, 0.1) is 0 Å². The maximum atomic E-state index is 11.9. The molecule has 36 heavy (non-hydrogen) atoms. The van der Waals surface area contributed by atoms with Gasteiger partial charge < -0.3 is 39.0 Å². The van der Waals surface area contributed by atoms with Crippen LogP contribution >= 0.6 is 0 Å². The summed E-state index contributed by atoms with van der Waals surface area (Å²) < 4.78 is 20.3. The Morgan fingerprint density at radius 1 is 0.639 bits per heavy atom. The number of hydrogen-bond acceptors (Lipinski definition) is 10. The monoisotopic (exact) mass is 504 g/mol. The van der Waals surface area contributed by atoms with Gasteiger partial charge in [0.25, 0.3) is 0 Å². The van der Waals surface area contributed by atoms with Crippen LogP contribution in [0.3, 0.4) is 0 Å². The van der Waals surface area contributed by atoms with Crippen molar-refractivity contribution in [2.24, 2.45) is 0 Å². The predicted octanol–water partition coefficient (Wildman–Crippen LogP) is 0.661. The van der Waals surface area contributed by atoms with Gasteiger partial charge in [0.1, 0.15) is 22.7 Å². The van der Waals surface area contributed by atoms with Crippen molar-refractivity contribution in [3.63, 3.8) is 0 Å². The minimum atomic E-state index is -1.76. The fourth-order valence-electron chi connectivity index (χ4n) is 2.80. The van der Waals surface area contributed by atoms with Gasteiger partial charge in [0.15, 0.2) is 0 Å². The van der Waals surface area contributed by atoms with Gasteiger partial charge in [-0.3, -0.25) is 0 Å². The number of carbonyl (C=O) groups is 2. The number of rotatable bonds is 6. The molecule has 4 N–H and O–H groups in total. The van der Waals surface area contributed by atoms with Crippen LogP contribution in [0.2, 0.25) is 0 Å². The molecule has 0 unspecified atom stereocenters. The smallest absolute Gasteiger partial charge is 0.489 e. The van der Waals surface area contributed by atoms with Crippen LogP contribution in [0.15, 0.2) is 36.4 Å². The van der Waals surface area contributed by atoms with Crippen LogP contribution in [0.1, 0.15) is 62.3 Å². The summed E-state index contributed by atoms with van der Waals surface area (Å²) in [6, 6.07) is 8.80. The summed E-state index contributed by atoms with van der Waals surface area (Å²) in [5.41, 5.74) is -0.947. The standard InChI is InChI=1S/2C12H17BO5/c2*1-12(2,3)18-11(14)9-6-5-8(17-4)7-10(9)13(15)16/h2*5-7,15-16H,1-4H3. The van der Waals surface area contributed by atoms with Crippen LogP contribution in [0.5, 0.6) is 11.5 Å². The van der Waals surface area contributed by atoms with Crippen molar-refractivity contribution in [3.8, 4) is 11.5 Å². The van der Waals surface area contributed by atoms with E-state index < -0.39 is 37.4 Å². The summed E-state index contributed by atoms with van der Waals surface area (Å²) in [4.78, 5) is 23.8. The molecular formula is C24H34B2O10. The Morgan fingerprint density at radius 2 is 0.944 bits per heavy atom. The van der Waals surface area contributed by atoms with E-state index in [2.05, 4.69) is 0 Å². The van der Waals surface area contributed by atoms with Gasteiger partial charge in [-0.25, -0.2) is 9.59 Å². The number of hydrogen-bond donors (Lipinski definition) is 4. The highest BCUT2D eigenvalue weighted by atomic mass is 16.6. The molecule has 2 rings (SSSR count). The van der Waals surface area contributed by atoms with Crippen LogP contribution < -0.4 is 20.4 Å². The van der Waals surface area contributed by atoms with E-state index in [1.54, 1.807) is 53.7 Å². The average molecular weight is 504 g/mol. The number of ether oxygens (including phenoxy) is 4. The van der Waals surface area contributed by atoms with Crippen molar-refractivity contribution < 1.29 is 48.6 Å². The second kappa shape index (κ2) is 12.8. The highest BCUT2D eigenvalue weighted by Gasteiger charge is 2.26. The molecule has 0 aromatic heterocycles. The minimum Gasteiger partial charge on any atom is -0.497 e. The molecule has 0 fully saturated rings. The average Bonchev–Trinajstić information content (AvgIpc) is 2.76. The molecule has 0 heterocycles. The number of carbonyl (C=O) groups excluding carboxylic acids is 2. The van der Waals surface area contributed by atoms with E-state index in [1.807, 2.05) is 0 Å². The molecule has 0 radical (unpaired) electrons. The Morgan fingerprint density at radius 3 is 1.17 bits per heavy atom. The van der Waals surface area contributed by atoms with Crippen molar-refractivity contribution in [3.05, 3.63) is 47.5 Å². The van der Waals surface area contributed by atoms with Crippen LogP contribution in [-0.2, 0) is 9.47 Å². The first-order valence-corrected chi connectivity index (χ1v) is 11.0. The molecule has 0 saturated carbocycles. The maximum absolute atomic E-state index is 11.9. The summed E-state index contributed by atoms with van der Waals surface area (Å²) in [5.74, 6) is -0.336. The zero-order valence-corrected chi connectivity index (χ0v) is 21.9. The Bertz CT molecular complexity index is 957. The Kier molecular flexibility index (Phi) is 11.0. The summed E-state index contributed by atoms with van der Waals surface area (Å²) in [7, 11) is -0.614. The third-order valence-corrected chi connectivity index (χ3v) is 4.31. The molecule has 0 atom stereocenters. The van der Waals surface area contributed by atoms with Gasteiger partial charge in [-0.2, -0.15) is 0 Å². The molecule has 0 aliphatic carbocycles. The van der Waals surface area contributed by atoms with E-state index in [0.29, 0.717) is 11.5 Å². The quantitative estimate of drug-likeness (QED) is 0.326. The van der Waals surface area contributed by atoms with Gasteiger partial charge in [-0.1, -0.05) is 0 Å². The fourth-order valence-corrected chi connectivity index (χ4v) is 2.80. The SMILES string of the molecule is COc1ccc(C(=O)OC(C)(C)C)c(B(O)O)c1.COc1ccc(C(=O)OC(C)(C)C)c(B(O)O)c1. The van der Waals surface area contributed by atoms with Gasteiger partial charge in [0.2, 0.25) is 0 Å². The normalized spacial score (nSPS) is 11.0. The fraction of sp³-hybridized carbons (Fsp3) is 0.417. The molecule has 0 amide bonds. The Hall–Kier alpha value is -3.05. The number of esters is 2. The molecule has 0 saturated heterocycles. The van der Waals surface area contributed by atoms with Crippen molar-refractivity contribution in [2.45, 2.75) is 52.7 Å². The molecule has 196 valence electrons. The lowest BCUT2D eigenvalue weighted by molar-refractivity contribution is 0.00581. The van der Waals surface area contributed by atoms with E-state index >= 15 is 0 Å². The highest BCUT2D eigenvalue weighted by Crippen LogP contribution is 2.16. The van der Waals surface area contributed by atoms with Crippen LogP contribution in [0.4, 0.5) is 0 Å². The molecule has 2 aromatic rings. The third kappa shape index (κ3) is 9.90. The van der Waals surface area contributed by atoms with Crippen molar-refractivity contribution in [1.29, 1.82) is 0 Å². The third-order valence-electron chi connectivity index (χ3n) is 4.31. The van der Waals surface area contributed by atoms with Crippen molar-refractivity contribution >= 4 is 37.1 Å². The lowest BCUT2D eigenvalue weighted by Gasteiger charge is -2.20. The largest absolute Gasteiger partial charge is 0.497 e. The predicted molar refractivity (Wildman–Crippen MR) is 136 cm³/mol. The zero-order chi connectivity index (χ0) is 27.8. The second-order valence-corrected chi connectivity index (χ2v) is 9.66. The van der Waals surface area contributed by atoms with E-state index in [0.717, 1.165) is 0 Å². The Labute approximate surface area is 212 Å². The van der Waals surface area contributed by atoms with Gasteiger partial charge in [0.05, 0.1) is 25.3 Å². The van der Waals surface area contributed by atoms with Crippen molar-refractivity contribution in [1.82, 2.24) is 0 Å². The maximum Gasteiger partial charge on any atom is 0.489 e. The van der Waals surface area contributed by atoms with Gasteiger partial charge in [-0.15, -0.1) is 0 Å². The highest BCUT2D eigenvalue weighted by molar-refractivity contribution is 6.60. The molecule has 12 heteroatoms. The van der Waals surface area contributed by atoms with Gasteiger partial charge in [0, 0.05) is 10.9 Å². The first kappa shape index (κ1) is 31.0. The van der Waals surface area contributed by atoms with E-state index in [-0.39, 0.29) is 22.1 Å². The molecule has 10 nitrogen and oxygen atoms in total. The summed E-state index contributed by atoms with van der Waals surface area (Å²) in [6.45, 7) is 10.4. The molecule has 2 aromatic carbocycles. The second-order valence-electron chi connectivity index (χ2n) is 9.66. The zero-order valence-electron chi connectivity index (χ0n) is 21.9. The Balaban J connectivity index is 0.000000360. The van der Waals surface area contributed by atoms with Gasteiger partial charge >= 0.3 is 26.2 Å². The molecular weight excluding hydrogens is 470 g/mol. The molecule has 0 spiro atoms. The van der Waals surface area contributed by atoms with E-state index in [1.165, 1.54) is 38.5 Å². The molecule has 0 aliphatic heterocycles. The molecule has 0 bridgehead atoms. The first-order chi connectivity index (χ1) is 16.5. The first-order valence-electron chi connectivity index (χ1n) is 11.0. The van der Waals surface area contributed by atoms with Crippen LogP contribution in [-0.4, -0.2) is 71.7 Å². The topological polar surface area (TPSA) is 152 Å². The summed E-state index contributed by atoms with van der Waals surface area (Å²) in [6.07, 6.45) is 0. The van der Waals surface area contributed by atoms with E-state index in [4.69, 9.17) is 18.9 Å². The lowest BCUT2D eigenvalue weighted by Crippen LogP contribution is -2.36. The lowest BCUT2D eigenvalue weighted by atomic mass is 9.77. The van der Waals surface area contributed by atoms with E-state index in [9.17, 15) is 29.7 Å². The minimum absolute atomic E-state index is 0.0589. The van der Waals surface area contributed by atoms with Gasteiger partial charge in [-0.05, 0) is 77.9 Å².